The maximum Gasteiger partial charge on any atom is 0.271 e. The van der Waals surface area contributed by atoms with Gasteiger partial charge in [-0.3, -0.25) is 18.9 Å². The molecule has 1 aliphatic rings. The van der Waals surface area contributed by atoms with Crippen molar-refractivity contribution in [2.45, 2.75) is 18.9 Å². The first-order valence-corrected chi connectivity index (χ1v) is 9.19. The molecule has 0 aliphatic heterocycles. The van der Waals surface area contributed by atoms with Crippen molar-refractivity contribution >= 4 is 45.1 Å². The third-order valence-corrected chi connectivity index (χ3v) is 5.73. The minimum absolute atomic E-state index is 0. The van der Waals surface area contributed by atoms with E-state index >= 15 is 0 Å². The number of rotatable bonds is 3. The third-order valence-electron chi connectivity index (χ3n) is 4.85. The second kappa shape index (κ2) is 6.51. The largest absolute Gasteiger partial charge is 0.494 e. The Morgan fingerprint density at radius 2 is 1.93 bits per heavy atom. The number of hydrogen-bond acceptors (Lipinski definition) is 5. The Hall–Kier alpha value is -2.64. The Morgan fingerprint density at radius 1 is 1.19 bits per heavy atom. The van der Waals surface area contributed by atoms with E-state index < -0.39 is 0 Å². The van der Waals surface area contributed by atoms with E-state index in [0.29, 0.717) is 16.0 Å². The highest BCUT2D eigenvalue weighted by atomic mass is 35.5. The Bertz CT molecular complexity index is 1270. The van der Waals surface area contributed by atoms with Crippen LogP contribution in [0.1, 0.15) is 18.9 Å². The number of ether oxygens (including phenoxy) is 1. The first-order chi connectivity index (χ1) is 12.7. The third kappa shape index (κ3) is 2.57. The molecule has 0 saturated heterocycles. The number of H-pyrrole nitrogens is 1. The smallest absolute Gasteiger partial charge is 0.271 e. The summed E-state index contributed by atoms with van der Waals surface area (Å²) in [7, 11) is 1.62. The number of aromatic amines is 1. The molecular weight excluding hydrogens is 386 g/mol. The van der Waals surface area contributed by atoms with Gasteiger partial charge in [-0.2, -0.15) is 0 Å². The molecule has 3 aromatic heterocycles. The quantitative estimate of drug-likeness (QED) is 0.567. The molecule has 1 fully saturated rings. The molecule has 6 nitrogen and oxygen atoms in total. The van der Waals surface area contributed by atoms with Crippen molar-refractivity contribution in [3.05, 3.63) is 57.2 Å². The van der Waals surface area contributed by atoms with E-state index in [1.54, 1.807) is 25.6 Å². The molecule has 3 heterocycles. The van der Waals surface area contributed by atoms with E-state index in [9.17, 15) is 9.59 Å². The molecule has 0 radical (unpaired) electrons. The van der Waals surface area contributed by atoms with E-state index in [4.69, 9.17) is 4.74 Å². The molecule has 8 heteroatoms. The van der Waals surface area contributed by atoms with Gasteiger partial charge in [0.1, 0.15) is 10.2 Å². The van der Waals surface area contributed by atoms with Crippen LogP contribution in [0.3, 0.4) is 0 Å². The predicted octanol–water partition coefficient (Wildman–Crippen LogP) is 3.73. The minimum Gasteiger partial charge on any atom is -0.494 e. The number of nitrogens with one attached hydrogen (secondary N) is 1. The summed E-state index contributed by atoms with van der Waals surface area (Å²) in [5, 5.41) is 0.760. The van der Waals surface area contributed by atoms with Crippen LogP contribution in [0.5, 0.6) is 5.75 Å². The van der Waals surface area contributed by atoms with Gasteiger partial charge in [-0.25, -0.2) is 0 Å². The fourth-order valence-electron chi connectivity index (χ4n) is 3.54. The Kier molecular flexibility index (Phi) is 4.28. The molecule has 0 spiro atoms. The van der Waals surface area contributed by atoms with Gasteiger partial charge < -0.3 is 9.30 Å². The molecule has 1 aliphatic carbocycles. The molecule has 1 N–H and O–H groups in total. The van der Waals surface area contributed by atoms with Crippen molar-refractivity contribution in [3.8, 4) is 16.9 Å². The zero-order valence-corrected chi connectivity index (χ0v) is 16.0. The molecule has 0 unspecified atom stereocenters. The number of halogens is 1. The van der Waals surface area contributed by atoms with Crippen LogP contribution in [0, 0.1) is 0 Å². The second-order valence-electron chi connectivity index (χ2n) is 6.42. The van der Waals surface area contributed by atoms with Crippen molar-refractivity contribution in [1.29, 1.82) is 0 Å². The van der Waals surface area contributed by atoms with Crippen molar-refractivity contribution in [2.24, 2.45) is 0 Å². The minimum atomic E-state index is -0.316. The molecule has 27 heavy (non-hydrogen) atoms. The van der Waals surface area contributed by atoms with Gasteiger partial charge in [0.25, 0.3) is 5.56 Å². The molecule has 0 amide bonds. The van der Waals surface area contributed by atoms with Crippen LogP contribution in [-0.4, -0.2) is 21.0 Å². The van der Waals surface area contributed by atoms with Crippen LogP contribution >= 0.6 is 23.9 Å². The van der Waals surface area contributed by atoms with Gasteiger partial charge in [-0.1, -0.05) is 0 Å². The van der Waals surface area contributed by atoms with Gasteiger partial charge in [-0.15, -0.1) is 12.4 Å². The second-order valence-corrected chi connectivity index (χ2v) is 7.22. The molecule has 1 aromatic carbocycles. The number of hydrogen-bond donors (Lipinski definition) is 1. The maximum atomic E-state index is 13.0. The topological polar surface area (TPSA) is 77.0 Å². The number of benzene rings is 1. The van der Waals surface area contributed by atoms with Crippen molar-refractivity contribution in [2.75, 3.05) is 7.11 Å². The number of aromatic nitrogens is 3. The summed E-state index contributed by atoms with van der Waals surface area (Å²) >= 11 is 1.22. The fraction of sp³-hybridized carbons (Fsp3) is 0.211. The summed E-state index contributed by atoms with van der Waals surface area (Å²) in [5.41, 5.74) is 2.07. The molecule has 5 rings (SSSR count). The normalized spacial score (nSPS) is 13.7. The average molecular weight is 402 g/mol. The molecule has 0 atom stereocenters. The zero-order chi connectivity index (χ0) is 17.8. The van der Waals surface area contributed by atoms with Gasteiger partial charge >= 0.3 is 0 Å². The van der Waals surface area contributed by atoms with Crippen LogP contribution in [0.15, 0.2) is 46.2 Å². The Morgan fingerprint density at radius 3 is 2.59 bits per heavy atom. The Labute approximate surface area is 164 Å². The first kappa shape index (κ1) is 17.8. The van der Waals surface area contributed by atoms with Crippen LogP contribution < -0.4 is 15.7 Å². The monoisotopic (exact) mass is 401 g/mol. The van der Waals surface area contributed by atoms with E-state index in [0.717, 1.165) is 29.5 Å². The lowest BCUT2D eigenvalue weighted by Gasteiger charge is -2.17. The highest BCUT2D eigenvalue weighted by Gasteiger charge is 2.30. The molecule has 4 aromatic rings. The summed E-state index contributed by atoms with van der Waals surface area (Å²) < 4.78 is 10.6. The molecular formula is C19H16ClN3O3S. The van der Waals surface area contributed by atoms with Gasteiger partial charge in [0.05, 0.1) is 18.0 Å². The van der Waals surface area contributed by atoms with Crippen LogP contribution in [0.2, 0.25) is 0 Å². The predicted molar refractivity (Wildman–Crippen MR) is 110 cm³/mol. The van der Waals surface area contributed by atoms with Gasteiger partial charge in [0.2, 0.25) is 5.43 Å². The summed E-state index contributed by atoms with van der Waals surface area (Å²) in [4.78, 5) is 29.9. The first-order valence-electron chi connectivity index (χ1n) is 8.37. The lowest BCUT2D eigenvalue weighted by Crippen LogP contribution is -2.15. The molecule has 1 saturated carbocycles. The summed E-state index contributed by atoms with van der Waals surface area (Å²) in [5.74, 6) is 0.653. The fourth-order valence-corrected chi connectivity index (χ4v) is 4.46. The number of pyridine rings is 2. The lowest BCUT2D eigenvalue weighted by molar-refractivity contribution is 0.419. The standard InChI is InChI=1S/C19H15N3O3S.ClH/c1-25-17-12(10-6-8-20-9-7-10)4-5-13-15(17)22(11-2-3-11)19-14(16(13)23)18(24)21-26-19;/h4-9,11H,2-3H2,1H3,(H,21,24);1H. The molecule has 0 bridgehead atoms. The van der Waals surface area contributed by atoms with Crippen LogP contribution in [-0.2, 0) is 0 Å². The van der Waals surface area contributed by atoms with Gasteiger partial charge in [-0.05, 0) is 54.2 Å². The zero-order valence-electron chi connectivity index (χ0n) is 14.4. The summed E-state index contributed by atoms with van der Waals surface area (Å²) in [6.45, 7) is 0. The van der Waals surface area contributed by atoms with Crippen LogP contribution in [0.4, 0.5) is 0 Å². The van der Waals surface area contributed by atoms with Crippen LogP contribution in [0.25, 0.3) is 32.2 Å². The Balaban J connectivity index is 0.00000180. The average Bonchev–Trinajstić information content (AvgIpc) is 3.44. The van der Waals surface area contributed by atoms with E-state index in [1.807, 2.05) is 18.2 Å². The highest BCUT2D eigenvalue weighted by molar-refractivity contribution is 7.12. The highest BCUT2D eigenvalue weighted by Crippen LogP contribution is 2.44. The SMILES string of the molecule is COc1c(-c2ccncc2)ccc2c(=O)c3c(=O)[nH]sc3n(C3CC3)c12.Cl. The number of fused-ring (bicyclic) bond motifs is 2. The van der Waals surface area contributed by atoms with Crippen molar-refractivity contribution in [1.82, 2.24) is 13.9 Å². The van der Waals surface area contributed by atoms with Gasteiger partial charge in [0, 0.05) is 24.0 Å². The number of nitrogens with zero attached hydrogens (tertiary/aromatic N) is 2. The molecule has 138 valence electrons. The lowest BCUT2D eigenvalue weighted by atomic mass is 10.0. The van der Waals surface area contributed by atoms with E-state index in [1.165, 1.54) is 11.5 Å². The summed E-state index contributed by atoms with van der Waals surface area (Å²) in [6.07, 6.45) is 5.52. The summed E-state index contributed by atoms with van der Waals surface area (Å²) in [6, 6.07) is 7.79. The van der Waals surface area contributed by atoms with E-state index in [2.05, 4.69) is 13.9 Å². The van der Waals surface area contributed by atoms with Crippen molar-refractivity contribution in [3.63, 3.8) is 0 Å². The van der Waals surface area contributed by atoms with Crippen molar-refractivity contribution < 1.29 is 4.74 Å². The maximum absolute atomic E-state index is 13.0. The van der Waals surface area contributed by atoms with Gasteiger partial charge in [0.15, 0.2) is 5.75 Å². The number of methoxy groups -OCH3 is 1. The van der Waals surface area contributed by atoms with E-state index in [-0.39, 0.29) is 34.8 Å².